The van der Waals surface area contributed by atoms with Crippen LogP contribution in [-0.2, 0) is 6.54 Å². The fraction of sp³-hybridized carbons (Fsp3) is 0.200. The molecule has 0 aliphatic carbocycles. The van der Waals surface area contributed by atoms with Crippen molar-refractivity contribution in [3.8, 4) is 0 Å². The second kappa shape index (κ2) is 5.23. The highest BCUT2D eigenvalue weighted by molar-refractivity contribution is 5.63. The smallest absolute Gasteiger partial charge is 0.311 e. The Kier molecular flexibility index (Phi) is 3.49. The van der Waals surface area contributed by atoms with Crippen molar-refractivity contribution in [2.45, 2.75) is 6.54 Å². The Hall–Kier alpha value is -2.48. The van der Waals surface area contributed by atoms with Crippen LogP contribution in [0.5, 0.6) is 0 Å². The largest absolute Gasteiger partial charge is 0.394 e. The summed E-state index contributed by atoms with van der Waals surface area (Å²) in [5.41, 5.74) is 0.470. The molecule has 18 heavy (non-hydrogen) atoms. The van der Waals surface area contributed by atoms with Crippen molar-refractivity contribution >= 4 is 17.2 Å². The zero-order chi connectivity index (χ0) is 13.0. The summed E-state index contributed by atoms with van der Waals surface area (Å²) in [6.07, 6.45) is 4.61. The Morgan fingerprint density at radius 3 is 3.11 bits per heavy atom. The minimum atomic E-state index is -0.506. The topological polar surface area (TPSA) is 106 Å². The van der Waals surface area contributed by atoms with Crippen molar-refractivity contribution < 1.29 is 10.0 Å². The van der Waals surface area contributed by atoms with E-state index in [4.69, 9.17) is 5.11 Å². The average Bonchev–Trinajstić information content (AvgIpc) is 2.77. The van der Waals surface area contributed by atoms with Gasteiger partial charge >= 0.3 is 5.69 Å². The summed E-state index contributed by atoms with van der Waals surface area (Å²) in [4.78, 5) is 14.2. The van der Waals surface area contributed by atoms with Gasteiger partial charge in [-0.05, 0) is 6.07 Å². The molecule has 0 bridgehead atoms. The molecule has 0 aliphatic rings. The summed E-state index contributed by atoms with van der Waals surface area (Å²) in [5, 5.41) is 26.3. The predicted octanol–water partition coefficient (Wildman–Crippen LogP) is 0.922. The minimum absolute atomic E-state index is 0.0230. The third-order valence-electron chi connectivity index (χ3n) is 2.21. The molecule has 0 unspecified atom stereocenters. The van der Waals surface area contributed by atoms with Gasteiger partial charge in [0.25, 0.3) is 0 Å². The molecule has 2 N–H and O–H groups in total. The number of hydrogen-bond acceptors (Lipinski definition) is 6. The molecule has 0 saturated carbocycles. The van der Waals surface area contributed by atoms with Crippen molar-refractivity contribution in [3.05, 3.63) is 40.8 Å². The number of aliphatic hydroxyl groups is 1. The quantitative estimate of drug-likeness (QED) is 0.603. The van der Waals surface area contributed by atoms with Crippen LogP contribution in [0.15, 0.2) is 30.7 Å². The number of pyridine rings is 1. The first-order valence-electron chi connectivity index (χ1n) is 5.20. The lowest BCUT2D eigenvalue weighted by atomic mass is 10.4. The highest BCUT2D eigenvalue weighted by atomic mass is 16.6. The highest BCUT2D eigenvalue weighted by Gasteiger charge is 2.14. The lowest BCUT2D eigenvalue weighted by Gasteiger charge is -2.02. The summed E-state index contributed by atoms with van der Waals surface area (Å²) in [5.74, 6) is 0.158. The molecule has 2 heterocycles. The van der Waals surface area contributed by atoms with E-state index >= 15 is 0 Å². The Morgan fingerprint density at radius 1 is 1.56 bits per heavy atom. The van der Waals surface area contributed by atoms with E-state index in [1.165, 1.54) is 29.2 Å². The number of rotatable bonds is 5. The molecule has 2 rings (SSSR count). The van der Waals surface area contributed by atoms with Crippen molar-refractivity contribution in [2.24, 2.45) is 0 Å². The highest BCUT2D eigenvalue weighted by Crippen LogP contribution is 2.23. The van der Waals surface area contributed by atoms with Gasteiger partial charge in [0, 0.05) is 18.5 Å². The SMILES string of the molecule is O=[N+]([O-])c1cccnc1Nc1cnn(CCO)c1. The summed E-state index contributed by atoms with van der Waals surface area (Å²) in [6, 6.07) is 2.87. The van der Waals surface area contributed by atoms with Crippen molar-refractivity contribution in [3.63, 3.8) is 0 Å². The molecule has 0 amide bonds. The molecule has 0 saturated heterocycles. The molecule has 0 aromatic carbocycles. The zero-order valence-corrected chi connectivity index (χ0v) is 9.35. The van der Waals surface area contributed by atoms with Gasteiger partial charge in [-0.2, -0.15) is 5.10 Å². The molecule has 2 aromatic rings. The maximum absolute atomic E-state index is 10.8. The van der Waals surface area contributed by atoms with E-state index < -0.39 is 4.92 Å². The summed E-state index contributed by atoms with van der Waals surface area (Å²) < 4.78 is 1.52. The Balaban J connectivity index is 2.20. The van der Waals surface area contributed by atoms with Crippen LogP contribution in [-0.4, -0.2) is 31.4 Å². The Bertz CT molecular complexity index is 554. The van der Waals surface area contributed by atoms with Gasteiger partial charge in [-0.1, -0.05) is 0 Å². The summed E-state index contributed by atoms with van der Waals surface area (Å²) in [6.45, 7) is 0.344. The second-order valence-electron chi connectivity index (χ2n) is 3.47. The van der Waals surface area contributed by atoms with E-state index in [9.17, 15) is 10.1 Å². The van der Waals surface area contributed by atoms with Gasteiger partial charge in [-0.3, -0.25) is 14.8 Å². The fourth-order valence-electron chi connectivity index (χ4n) is 1.43. The van der Waals surface area contributed by atoms with E-state index in [0.29, 0.717) is 12.2 Å². The molecular formula is C10H11N5O3. The lowest BCUT2D eigenvalue weighted by Crippen LogP contribution is -2.02. The van der Waals surface area contributed by atoms with Gasteiger partial charge in [-0.25, -0.2) is 4.98 Å². The van der Waals surface area contributed by atoms with Gasteiger partial charge in [0.1, 0.15) is 0 Å². The maximum atomic E-state index is 10.8. The van der Waals surface area contributed by atoms with Crippen LogP contribution < -0.4 is 5.32 Å². The first kappa shape index (κ1) is 12.0. The molecule has 0 spiro atoms. The van der Waals surface area contributed by atoms with Crippen LogP contribution >= 0.6 is 0 Å². The van der Waals surface area contributed by atoms with Crippen LogP contribution in [0.1, 0.15) is 0 Å². The molecule has 8 heteroatoms. The zero-order valence-electron chi connectivity index (χ0n) is 9.35. The number of nitrogens with zero attached hydrogens (tertiary/aromatic N) is 4. The van der Waals surface area contributed by atoms with E-state index in [-0.39, 0.29) is 18.1 Å². The number of hydrogen-bond donors (Lipinski definition) is 2. The maximum Gasteiger partial charge on any atom is 0.311 e. The Labute approximate surface area is 102 Å². The number of aromatic nitrogens is 3. The minimum Gasteiger partial charge on any atom is -0.394 e. The molecule has 0 atom stereocenters. The molecule has 0 fully saturated rings. The van der Waals surface area contributed by atoms with Gasteiger partial charge < -0.3 is 10.4 Å². The first-order valence-corrected chi connectivity index (χ1v) is 5.20. The van der Waals surface area contributed by atoms with E-state index in [1.54, 1.807) is 6.20 Å². The second-order valence-corrected chi connectivity index (χ2v) is 3.47. The van der Waals surface area contributed by atoms with Crippen molar-refractivity contribution in [1.82, 2.24) is 14.8 Å². The van der Waals surface area contributed by atoms with Gasteiger partial charge in [-0.15, -0.1) is 0 Å². The summed E-state index contributed by atoms with van der Waals surface area (Å²) >= 11 is 0. The molecule has 94 valence electrons. The lowest BCUT2D eigenvalue weighted by molar-refractivity contribution is -0.384. The van der Waals surface area contributed by atoms with E-state index in [2.05, 4.69) is 15.4 Å². The fourth-order valence-corrected chi connectivity index (χ4v) is 1.43. The van der Waals surface area contributed by atoms with E-state index in [1.807, 2.05) is 0 Å². The van der Waals surface area contributed by atoms with Crippen LogP contribution in [0.25, 0.3) is 0 Å². The predicted molar refractivity (Wildman–Crippen MR) is 63.5 cm³/mol. The van der Waals surface area contributed by atoms with Crippen LogP contribution in [0, 0.1) is 10.1 Å². The molecule has 0 aliphatic heterocycles. The van der Waals surface area contributed by atoms with Gasteiger partial charge in [0.15, 0.2) is 0 Å². The third-order valence-corrected chi connectivity index (χ3v) is 2.21. The normalized spacial score (nSPS) is 10.3. The van der Waals surface area contributed by atoms with Gasteiger partial charge in [0.2, 0.25) is 5.82 Å². The molecule has 2 aromatic heterocycles. The third kappa shape index (κ3) is 2.61. The first-order chi connectivity index (χ1) is 8.70. The number of anilines is 2. The standard InChI is InChI=1S/C10H11N5O3/c16-5-4-14-7-8(6-12-14)13-10-9(15(17)18)2-1-3-11-10/h1-3,6-7,16H,4-5H2,(H,11,13). The average molecular weight is 249 g/mol. The van der Waals surface area contributed by atoms with Crippen molar-refractivity contribution in [1.29, 1.82) is 0 Å². The van der Waals surface area contributed by atoms with Gasteiger partial charge in [0.05, 0.1) is 30.0 Å². The van der Waals surface area contributed by atoms with E-state index in [0.717, 1.165) is 0 Å². The number of aliphatic hydroxyl groups excluding tert-OH is 1. The van der Waals surface area contributed by atoms with Crippen LogP contribution in [0.2, 0.25) is 0 Å². The molecule has 0 radical (unpaired) electrons. The van der Waals surface area contributed by atoms with Crippen LogP contribution in [0.4, 0.5) is 17.2 Å². The number of nitrogens with one attached hydrogen (secondary N) is 1. The number of nitro groups is 1. The Morgan fingerprint density at radius 2 is 2.39 bits per heavy atom. The molecule has 8 nitrogen and oxygen atoms in total. The van der Waals surface area contributed by atoms with Crippen molar-refractivity contribution in [2.75, 3.05) is 11.9 Å². The monoisotopic (exact) mass is 249 g/mol. The van der Waals surface area contributed by atoms with Crippen LogP contribution in [0.3, 0.4) is 0 Å². The summed E-state index contributed by atoms with van der Waals surface area (Å²) in [7, 11) is 0. The molecular weight excluding hydrogens is 238 g/mol.